The fourth-order valence-electron chi connectivity index (χ4n) is 6.66. The molecule has 2 N–H and O–H groups in total. The number of ether oxygens (including phenoxy) is 4. The van der Waals surface area contributed by atoms with Gasteiger partial charge in [0, 0.05) is 46.9 Å². The molecule has 0 amide bonds. The highest BCUT2D eigenvalue weighted by Gasteiger charge is 2.54. The zero-order chi connectivity index (χ0) is 26.6. The van der Waals surface area contributed by atoms with Crippen LogP contribution >= 0.6 is 0 Å². The summed E-state index contributed by atoms with van der Waals surface area (Å²) in [5, 5.41) is 20.2. The van der Waals surface area contributed by atoms with Crippen molar-refractivity contribution in [2.45, 2.75) is 23.7 Å². The van der Waals surface area contributed by atoms with E-state index in [4.69, 9.17) is 18.9 Å². The quantitative estimate of drug-likeness (QED) is 0.317. The molecule has 38 heavy (non-hydrogen) atoms. The minimum atomic E-state index is -0.0976. The Hall–Kier alpha value is -4.32. The van der Waals surface area contributed by atoms with Gasteiger partial charge in [0.1, 0.15) is 34.5 Å². The van der Waals surface area contributed by atoms with Crippen LogP contribution in [0.5, 0.6) is 34.5 Å². The fourth-order valence-corrected chi connectivity index (χ4v) is 6.66. The first-order chi connectivity index (χ1) is 18.5. The molecule has 2 aliphatic carbocycles. The number of aromatic hydroxyl groups is 2. The highest BCUT2D eigenvalue weighted by atomic mass is 16.5. The average molecular weight is 511 g/mol. The Kier molecular flexibility index (Phi) is 5.83. The van der Waals surface area contributed by atoms with E-state index in [1.165, 1.54) is 0 Å². The van der Waals surface area contributed by atoms with E-state index in [2.05, 4.69) is 12.1 Å². The Labute approximate surface area is 222 Å². The summed E-state index contributed by atoms with van der Waals surface area (Å²) >= 11 is 0. The van der Waals surface area contributed by atoms with E-state index in [0.717, 1.165) is 50.6 Å². The summed E-state index contributed by atoms with van der Waals surface area (Å²) in [7, 11) is 6.71. The summed E-state index contributed by atoms with van der Waals surface area (Å²) in [6.45, 7) is 0. The molecule has 6 rings (SSSR count). The van der Waals surface area contributed by atoms with E-state index in [1.54, 1.807) is 52.7 Å². The van der Waals surface area contributed by atoms with Crippen molar-refractivity contribution < 1.29 is 29.2 Å². The van der Waals surface area contributed by atoms with Crippen LogP contribution in [0.15, 0.2) is 72.8 Å². The summed E-state index contributed by atoms with van der Waals surface area (Å²) in [6.07, 6.45) is 0. The third-order valence-corrected chi connectivity index (χ3v) is 8.16. The van der Waals surface area contributed by atoms with Gasteiger partial charge in [-0.1, -0.05) is 24.3 Å². The zero-order valence-corrected chi connectivity index (χ0v) is 21.8. The highest BCUT2D eigenvalue weighted by molar-refractivity contribution is 5.69. The molecule has 6 nitrogen and oxygen atoms in total. The van der Waals surface area contributed by atoms with Crippen molar-refractivity contribution in [3.05, 3.63) is 106 Å². The molecule has 0 saturated carbocycles. The monoisotopic (exact) mass is 510 g/mol. The van der Waals surface area contributed by atoms with E-state index in [1.807, 2.05) is 36.4 Å². The van der Waals surface area contributed by atoms with Crippen LogP contribution in [0.1, 0.15) is 57.1 Å². The van der Waals surface area contributed by atoms with Gasteiger partial charge in [-0.3, -0.25) is 0 Å². The second-order valence-corrected chi connectivity index (χ2v) is 9.86. The first-order valence-corrected chi connectivity index (χ1v) is 12.6. The van der Waals surface area contributed by atoms with Gasteiger partial charge in [-0.2, -0.15) is 0 Å². The number of hydrogen-bond donors (Lipinski definition) is 2. The third kappa shape index (κ3) is 3.55. The van der Waals surface area contributed by atoms with E-state index in [0.29, 0.717) is 5.75 Å². The molecule has 4 atom stereocenters. The fraction of sp³-hybridized carbons (Fsp3) is 0.250. The molecule has 4 aromatic carbocycles. The maximum Gasteiger partial charge on any atom is 0.126 e. The van der Waals surface area contributed by atoms with Crippen LogP contribution in [-0.2, 0) is 0 Å². The summed E-state index contributed by atoms with van der Waals surface area (Å²) in [5.41, 5.74) is 6.66. The standard InChI is InChI=1S/C32H30O6/c1-35-21-13-23-29(25(15-21)37-3)27(17-5-9-19(33)10-6-17)31-24-14-22(36-2)16-26(38-4)30(24)32(23)28(31)18-7-11-20(34)12-8-18/h5-16,27-28,31-34H,1-4H3/t27-,28+,31+,32-/m0/s1. The first-order valence-electron chi connectivity index (χ1n) is 12.6. The van der Waals surface area contributed by atoms with Gasteiger partial charge in [-0.25, -0.2) is 0 Å². The maximum atomic E-state index is 10.1. The Morgan fingerprint density at radius 3 is 1.47 bits per heavy atom. The molecular formula is C32H30O6. The summed E-state index contributed by atoms with van der Waals surface area (Å²) in [5.74, 6) is 3.32. The Bertz CT molecular complexity index is 1490. The van der Waals surface area contributed by atoms with Crippen molar-refractivity contribution in [3.8, 4) is 34.5 Å². The van der Waals surface area contributed by atoms with E-state index in [9.17, 15) is 10.2 Å². The molecule has 0 heterocycles. The second kappa shape index (κ2) is 9.21. The van der Waals surface area contributed by atoms with Crippen LogP contribution in [0.25, 0.3) is 0 Å². The third-order valence-electron chi connectivity index (χ3n) is 8.16. The summed E-state index contributed by atoms with van der Waals surface area (Å²) in [4.78, 5) is 0. The van der Waals surface area contributed by atoms with E-state index < -0.39 is 0 Å². The molecule has 0 unspecified atom stereocenters. The molecule has 4 aromatic rings. The smallest absolute Gasteiger partial charge is 0.126 e. The molecule has 0 aliphatic heterocycles. The van der Waals surface area contributed by atoms with Crippen molar-refractivity contribution in [2.24, 2.45) is 0 Å². The van der Waals surface area contributed by atoms with Gasteiger partial charge >= 0.3 is 0 Å². The number of rotatable bonds is 6. The maximum absolute atomic E-state index is 10.1. The lowest BCUT2D eigenvalue weighted by Gasteiger charge is -2.40. The van der Waals surface area contributed by atoms with Crippen LogP contribution in [0.4, 0.5) is 0 Å². The predicted molar refractivity (Wildman–Crippen MR) is 144 cm³/mol. The van der Waals surface area contributed by atoms with Gasteiger partial charge in [0.2, 0.25) is 0 Å². The summed E-state index contributed by atoms with van der Waals surface area (Å²) < 4.78 is 23.4. The molecule has 2 bridgehead atoms. The van der Waals surface area contributed by atoms with Crippen molar-refractivity contribution >= 4 is 0 Å². The van der Waals surface area contributed by atoms with Crippen LogP contribution in [-0.4, -0.2) is 38.7 Å². The second-order valence-electron chi connectivity index (χ2n) is 9.86. The molecule has 194 valence electrons. The Morgan fingerprint density at radius 1 is 0.500 bits per heavy atom. The van der Waals surface area contributed by atoms with Crippen molar-refractivity contribution in [3.63, 3.8) is 0 Å². The van der Waals surface area contributed by atoms with Gasteiger partial charge in [0.25, 0.3) is 0 Å². The van der Waals surface area contributed by atoms with Crippen molar-refractivity contribution in [2.75, 3.05) is 28.4 Å². The van der Waals surface area contributed by atoms with E-state index >= 15 is 0 Å². The lowest BCUT2D eigenvalue weighted by molar-refractivity contribution is 0.372. The Balaban J connectivity index is 1.74. The van der Waals surface area contributed by atoms with Crippen molar-refractivity contribution in [1.82, 2.24) is 0 Å². The van der Waals surface area contributed by atoms with Crippen LogP contribution in [0.2, 0.25) is 0 Å². The average Bonchev–Trinajstić information content (AvgIpc) is 3.22. The van der Waals surface area contributed by atoms with Gasteiger partial charge in [0.05, 0.1) is 28.4 Å². The normalized spacial score (nSPS) is 20.8. The zero-order valence-electron chi connectivity index (χ0n) is 21.8. The van der Waals surface area contributed by atoms with E-state index in [-0.39, 0.29) is 35.2 Å². The minimum Gasteiger partial charge on any atom is -0.508 e. The molecular weight excluding hydrogens is 480 g/mol. The number of methoxy groups -OCH3 is 4. The number of benzene rings is 4. The van der Waals surface area contributed by atoms with Gasteiger partial charge in [-0.05, 0) is 58.7 Å². The van der Waals surface area contributed by atoms with Crippen LogP contribution in [0, 0.1) is 0 Å². The molecule has 0 radical (unpaired) electrons. The predicted octanol–water partition coefficient (Wildman–Crippen LogP) is 6.29. The number of fused-ring (bicyclic) bond motifs is 7. The lowest BCUT2D eigenvalue weighted by atomic mass is 9.63. The molecule has 0 saturated heterocycles. The van der Waals surface area contributed by atoms with Crippen molar-refractivity contribution in [1.29, 1.82) is 0 Å². The SMILES string of the molecule is COc1cc(OC)c2c(c1)[C@@H]1c3c(OC)cc(OC)cc3[C@H]([C@H]2c2ccc(O)cc2)[C@H]1c1ccc(O)cc1. The number of phenolic OH excluding ortho intramolecular Hbond substituents is 2. The number of hydrogen-bond acceptors (Lipinski definition) is 6. The Morgan fingerprint density at radius 2 is 0.974 bits per heavy atom. The van der Waals surface area contributed by atoms with Gasteiger partial charge < -0.3 is 29.2 Å². The topological polar surface area (TPSA) is 77.4 Å². The summed E-state index contributed by atoms with van der Waals surface area (Å²) in [6, 6.07) is 23.0. The van der Waals surface area contributed by atoms with Crippen LogP contribution < -0.4 is 18.9 Å². The highest BCUT2D eigenvalue weighted by Crippen LogP contribution is 2.69. The largest absolute Gasteiger partial charge is 0.508 e. The lowest BCUT2D eigenvalue weighted by Crippen LogP contribution is -2.26. The molecule has 0 fully saturated rings. The molecule has 2 aliphatic rings. The number of phenols is 2. The van der Waals surface area contributed by atoms with Gasteiger partial charge in [-0.15, -0.1) is 0 Å². The van der Waals surface area contributed by atoms with Crippen LogP contribution in [0.3, 0.4) is 0 Å². The van der Waals surface area contributed by atoms with Gasteiger partial charge in [0.15, 0.2) is 0 Å². The minimum absolute atomic E-state index is 0.00267. The molecule has 0 spiro atoms. The first kappa shape index (κ1) is 24.0. The molecule has 0 aromatic heterocycles. The molecule has 6 heteroatoms.